The molecule has 3 aromatic rings. The van der Waals surface area contributed by atoms with Crippen LogP contribution in [0.25, 0.3) is 10.9 Å². The number of aromatic nitrogens is 1. The molecule has 0 saturated heterocycles. The molecule has 29 heavy (non-hydrogen) atoms. The molecule has 0 aliphatic carbocycles. The van der Waals surface area contributed by atoms with Gasteiger partial charge in [-0.25, -0.2) is 4.79 Å². The summed E-state index contributed by atoms with van der Waals surface area (Å²) in [5, 5.41) is 3.45. The first-order chi connectivity index (χ1) is 14.1. The van der Waals surface area contributed by atoms with E-state index >= 15 is 0 Å². The van der Waals surface area contributed by atoms with Crippen molar-refractivity contribution in [3.05, 3.63) is 53.7 Å². The number of para-hydroxylation sites is 1. The van der Waals surface area contributed by atoms with Crippen molar-refractivity contribution in [2.75, 3.05) is 27.9 Å². The van der Waals surface area contributed by atoms with E-state index in [1.807, 2.05) is 24.3 Å². The Hall–Kier alpha value is -3.68. The smallest absolute Gasteiger partial charge is 0.340 e. The molecule has 0 aliphatic rings. The van der Waals surface area contributed by atoms with E-state index in [0.717, 1.165) is 16.5 Å². The summed E-state index contributed by atoms with van der Waals surface area (Å²) in [5.41, 5.74) is 1.96. The van der Waals surface area contributed by atoms with Crippen LogP contribution in [-0.4, -0.2) is 44.8 Å². The van der Waals surface area contributed by atoms with Crippen LogP contribution in [0.2, 0.25) is 0 Å². The van der Waals surface area contributed by atoms with Gasteiger partial charge in [-0.1, -0.05) is 18.2 Å². The van der Waals surface area contributed by atoms with E-state index < -0.39 is 11.9 Å². The number of hydrogen-bond acceptors (Lipinski definition) is 6. The van der Waals surface area contributed by atoms with Crippen LogP contribution in [0.15, 0.2) is 42.6 Å². The van der Waals surface area contributed by atoms with E-state index in [2.05, 4.69) is 10.3 Å². The highest BCUT2D eigenvalue weighted by molar-refractivity contribution is 6.04. The van der Waals surface area contributed by atoms with Gasteiger partial charge in [0.15, 0.2) is 18.1 Å². The molecule has 0 radical (unpaired) electrons. The number of rotatable bonds is 8. The van der Waals surface area contributed by atoms with Crippen LogP contribution < -0.4 is 19.5 Å². The Labute approximate surface area is 167 Å². The Morgan fingerprint density at radius 1 is 1.00 bits per heavy atom. The van der Waals surface area contributed by atoms with Crippen LogP contribution in [0.1, 0.15) is 15.9 Å². The van der Waals surface area contributed by atoms with Crippen molar-refractivity contribution in [3.8, 4) is 17.2 Å². The first kappa shape index (κ1) is 20.1. The van der Waals surface area contributed by atoms with Crippen molar-refractivity contribution in [2.24, 2.45) is 0 Å². The SMILES string of the molecule is COc1cc(CNC(=O)COC(=O)c2c[nH]c3ccccc23)cc(OC)c1OC. The highest BCUT2D eigenvalue weighted by Crippen LogP contribution is 2.38. The Morgan fingerprint density at radius 2 is 1.69 bits per heavy atom. The fourth-order valence-electron chi connectivity index (χ4n) is 2.94. The van der Waals surface area contributed by atoms with E-state index in [1.54, 1.807) is 18.3 Å². The van der Waals surface area contributed by atoms with Gasteiger partial charge in [0.1, 0.15) is 0 Å². The van der Waals surface area contributed by atoms with Crippen LogP contribution in [0.3, 0.4) is 0 Å². The molecule has 0 unspecified atom stereocenters. The van der Waals surface area contributed by atoms with Crippen molar-refractivity contribution >= 4 is 22.8 Å². The van der Waals surface area contributed by atoms with Crippen LogP contribution in [0, 0.1) is 0 Å². The van der Waals surface area contributed by atoms with E-state index in [1.165, 1.54) is 21.3 Å². The number of hydrogen-bond donors (Lipinski definition) is 2. The lowest BCUT2D eigenvalue weighted by Gasteiger charge is -2.14. The topological polar surface area (TPSA) is 98.9 Å². The van der Waals surface area contributed by atoms with Gasteiger partial charge < -0.3 is 29.2 Å². The summed E-state index contributed by atoms with van der Waals surface area (Å²) in [5.74, 6) is 0.457. The third-order valence-electron chi connectivity index (χ3n) is 4.36. The first-order valence-electron chi connectivity index (χ1n) is 8.86. The zero-order chi connectivity index (χ0) is 20.8. The van der Waals surface area contributed by atoms with Crippen LogP contribution in [0.5, 0.6) is 17.2 Å². The number of H-pyrrole nitrogens is 1. The number of aromatic amines is 1. The number of carbonyl (C=O) groups excluding carboxylic acids is 2. The molecule has 1 heterocycles. The van der Waals surface area contributed by atoms with E-state index in [0.29, 0.717) is 22.8 Å². The summed E-state index contributed by atoms with van der Waals surface area (Å²) < 4.78 is 21.0. The van der Waals surface area contributed by atoms with Crippen molar-refractivity contribution in [1.29, 1.82) is 0 Å². The number of carbonyl (C=O) groups is 2. The first-order valence-corrected chi connectivity index (χ1v) is 8.86. The van der Waals surface area contributed by atoms with Crippen LogP contribution >= 0.6 is 0 Å². The summed E-state index contributed by atoms with van der Waals surface area (Å²) >= 11 is 0. The minimum atomic E-state index is -0.564. The van der Waals surface area contributed by atoms with Crippen molar-refractivity contribution in [3.63, 3.8) is 0 Å². The number of ether oxygens (including phenoxy) is 4. The predicted molar refractivity (Wildman–Crippen MR) is 107 cm³/mol. The third kappa shape index (κ3) is 4.43. The van der Waals surface area contributed by atoms with E-state index in [4.69, 9.17) is 18.9 Å². The molecule has 0 aliphatic heterocycles. The number of fused-ring (bicyclic) bond motifs is 1. The summed E-state index contributed by atoms with van der Waals surface area (Å²) in [6, 6.07) is 10.8. The maximum atomic E-state index is 12.3. The number of esters is 1. The van der Waals surface area contributed by atoms with Gasteiger partial charge in [0, 0.05) is 23.6 Å². The molecule has 8 heteroatoms. The van der Waals surface area contributed by atoms with Gasteiger partial charge in [-0.3, -0.25) is 4.79 Å². The third-order valence-corrected chi connectivity index (χ3v) is 4.36. The standard InChI is InChI=1S/C21H22N2O6/c1-26-17-8-13(9-18(27-2)20(17)28-3)10-23-19(24)12-29-21(25)15-11-22-16-7-5-4-6-14(15)16/h4-9,11,22H,10,12H2,1-3H3,(H,23,24). The van der Waals surface area contributed by atoms with Crippen molar-refractivity contribution in [2.45, 2.75) is 6.54 Å². The molecule has 8 nitrogen and oxygen atoms in total. The van der Waals surface area contributed by atoms with Gasteiger partial charge in [0.2, 0.25) is 5.75 Å². The molecule has 0 bridgehead atoms. The predicted octanol–water partition coefficient (Wildman–Crippen LogP) is 2.67. The average molecular weight is 398 g/mol. The van der Waals surface area contributed by atoms with Gasteiger partial charge in [0.25, 0.3) is 5.91 Å². The molecule has 2 aromatic carbocycles. The van der Waals surface area contributed by atoms with Crippen LogP contribution in [-0.2, 0) is 16.1 Å². The quantitative estimate of drug-likeness (QED) is 0.566. The van der Waals surface area contributed by atoms with Gasteiger partial charge >= 0.3 is 5.97 Å². The number of benzene rings is 2. The van der Waals surface area contributed by atoms with Gasteiger partial charge in [0.05, 0.1) is 26.9 Å². The molecule has 0 spiro atoms. The minimum absolute atomic E-state index is 0.209. The maximum Gasteiger partial charge on any atom is 0.340 e. The highest BCUT2D eigenvalue weighted by Gasteiger charge is 2.16. The minimum Gasteiger partial charge on any atom is -0.493 e. The number of nitrogens with one attached hydrogen (secondary N) is 2. The Morgan fingerprint density at radius 3 is 2.34 bits per heavy atom. The fraction of sp³-hybridized carbons (Fsp3) is 0.238. The monoisotopic (exact) mass is 398 g/mol. The van der Waals surface area contributed by atoms with Gasteiger partial charge in [-0.15, -0.1) is 0 Å². The Balaban J connectivity index is 1.58. The molecule has 3 rings (SSSR count). The summed E-state index contributed by atoms with van der Waals surface area (Å²) in [6.45, 7) is -0.178. The largest absolute Gasteiger partial charge is 0.493 e. The zero-order valence-corrected chi connectivity index (χ0v) is 16.4. The highest BCUT2D eigenvalue weighted by atomic mass is 16.5. The second kappa shape index (κ2) is 9.01. The van der Waals surface area contributed by atoms with Crippen LogP contribution in [0.4, 0.5) is 0 Å². The molecule has 0 fully saturated rings. The summed E-state index contributed by atoms with van der Waals surface area (Å²) in [4.78, 5) is 27.4. The molecular formula is C21H22N2O6. The Bertz CT molecular complexity index is 1000. The fourth-order valence-corrected chi connectivity index (χ4v) is 2.94. The molecule has 1 aromatic heterocycles. The molecule has 0 atom stereocenters. The van der Waals surface area contributed by atoms with E-state index in [9.17, 15) is 9.59 Å². The Kier molecular flexibility index (Phi) is 6.23. The molecule has 2 N–H and O–H groups in total. The van der Waals surface area contributed by atoms with Crippen molar-refractivity contribution < 1.29 is 28.5 Å². The second-order valence-electron chi connectivity index (χ2n) is 6.13. The summed E-state index contributed by atoms with van der Waals surface area (Å²) in [6.07, 6.45) is 1.57. The van der Waals surface area contributed by atoms with Gasteiger partial charge in [-0.2, -0.15) is 0 Å². The molecule has 0 saturated carbocycles. The lowest BCUT2D eigenvalue weighted by atomic mass is 10.1. The van der Waals surface area contributed by atoms with Gasteiger partial charge in [-0.05, 0) is 23.8 Å². The van der Waals surface area contributed by atoms with Crippen molar-refractivity contribution in [1.82, 2.24) is 10.3 Å². The lowest BCUT2D eigenvalue weighted by Crippen LogP contribution is -2.28. The average Bonchev–Trinajstić information content (AvgIpc) is 3.19. The normalized spacial score (nSPS) is 10.4. The number of methoxy groups -OCH3 is 3. The number of amides is 1. The molecular weight excluding hydrogens is 376 g/mol. The maximum absolute atomic E-state index is 12.3. The second-order valence-corrected chi connectivity index (χ2v) is 6.13. The zero-order valence-electron chi connectivity index (χ0n) is 16.4. The molecule has 152 valence electrons. The summed E-state index contributed by atoms with van der Waals surface area (Å²) in [7, 11) is 4.55. The van der Waals surface area contributed by atoms with E-state index in [-0.39, 0.29) is 13.2 Å². The molecule has 1 amide bonds. The lowest BCUT2D eigenvalue weighted by molar-refractivity contribution is -0.124.